The zero-order valence-electron chi connectivity index (χ0n) is 15.0. The maximum atomic E-state index is 12.8. The van der Waals surface area contributed by atoms with Gasteiger partial charge in [-0.25, -0.2) is 0 Å². The second-order valence-electron chi connectivity index (χ2n) is 6.76. The summed E-state index contributed by atoms with van der Waals surface area (Å²) in [5, 5.41) is 0. The highest BCUT2D eigenvalue weighted by atomic mass is 16.5. The minimum absolute atomic E-state index is 0.0654. The molecule has 0 aromatic heterocycles. The molecule has 1 unspecified atom stereocenters. The highest BCUT2D eigenvalue weighted by molar-refractivity contribution is 5.81. The van der Waals surface area contributed by atoms with Crippen LogP contribution >= 0.6 is 0 Å². The predicted octanol–water partition coefficient (Wildman–Crippen LogP) is 2.46. The molecule has 132 valence electrons. The summed E-state index contributed by atoms with van der Waals surface area (Å²) in [5.74, 6) is 1.81. The van der Waals surface area contributed by atoms with Crippen molar-refractivity contribution in [1.29, 1.82) is 0 Å². The molecule has 24 heavy (non-hydrogen) atoms. The summed E-state index contributed by atoms with van der Waals surface area (Å²) < 4.78 is 10.8. The van der Waals surface area contributed by atoms with Crippen LogP contribution in [0.2, 0.25) is 0 Å². The number of methoxy groups -OCH3 is 2. The summed E-state index contributed by atoms with van der Waals surface area (Å²) in [6.45, 7) is 5.57. The summed E-state index contributed by atoms with van der Waals surface area (Å²) in [7, 11) is 3.33. The molecule has 2 aliphatic heterocycles. The van der Waals surface area contributed by atoms with E-state index in [1.54, 1.807) is 14.2 Å². The van der Waals surface area contributed by atoms with Crippen molar-refractivity contribution in [2.75, 3.05) is 33.9 Å². The van der Waals surface area contributed by atoms with Gasteiger partial charge in [0.25, 0.3) is 0 Å². The second-order valence-corrected chi connectivity index (χ2v) is 6.76. The number of nitrogens with zero attached hydrogens (tertiary/aromatic N) is 2. The molecule has 3 rings (SSSR count). The number of piperidine rings is 1. The first-order chi connectivity index (χ1) is 11.6. The van der Waals surface area contributed by atoms with E-state index >= 15 is 0 Å². The fraction of sp³-hybridized carbons (Fsp3) is 0.632. The lowest BCUT2D eigenvalue weighted by Crippen LogP contribution is -2.49. The van der Waals surface area contributed by atoms with Gasteiger partial charge in [0.2, 0.25) is 5.91 Å². The Morgan fingerprint density at radius 1 is 1.00 bits per heavy atom. The fourth-order valence-corrected chi connectivity index (χ4v) is 3.77. The van der Waals surface area contributed by atoms with Crippen LogP contribution in [0.4, 0.5) is 0 Å². The third-order valence-electron chi connectivity index (χ3n) is 5.32. The van der Waals surface area contributed by atoms with Crippen LogP contribution in [0.3, 0.4) is 0 Å². The lowest BCUT2D eigenvalue weighted by molar-refractivity contribution is -0.137. The minimum atomic E-state index is -0.0654. The van der Waals surface area contributed by atoms with Crippen LogP contribution in [0.5, 0.6) is 11.5 Å². The van der Waals surface area contributed by atoms with E-state index in [-0.39, 0.29) is 11.9 Å². The van der Waals surface area contributed by atoms with Crippen LogP contribution in [0.25, 0.3) is 0 Å². The molecule has 1 aromatic carbocycles. The van der Waals surface area contributed by atoms with Gasteiger partial charge in [0, 0.05) is 26.2 Å². The maximum Gasteiger partial charge on any atom is 0.239 e. The van der Waals surface area contributed by atoms with Gasteiger partial charge in [-0.15, -0.1) is 0 Å². The monoisotopic (exact) mass is 332 g/mol. The average molecular weight is 332 g/mol. The molecule has 1 atom stereocenters. The molecule has 0 spiro atoms. The molecule has 2 aliphatic rings. The molecule has 0 N–H and O–H groups in total. The molecule has 1 amide bonds. The topological polar surface area (TPSA) is 42.0 Å². The normalized spacial score (nSPS) is 19.5. The van der Waals surface area contributed by atoms with E-state index in [1.807, 2.05) is 11.8 Å². The number of likely N-dealkylation sites (tertiary alicyclic amines) is 1. The van der Waals surface area contributed by atoms with Crippen LogP contribution in [-0.2, 0) is 17.8 Å². The van der Waals surface area contributed by atoms with Crippen LogP contribution in [-0.4, -0.2) is 55.6 Å². The Bertz CT molecular complexity index is 597. The summed E-state index contributed by atoms with van der Waals surface area (Å²) >= 11 is 0. The number of fused-ring (bicyclic) bond motifs is 1. The first-order valence-corrected chi connectivity index (χ1v) is 8.90. The molecule has 0 bridgehead atoms. The summed E-state index contributed by atoms with van der Waals surface area (Å²) in [5.41, 5.74) is 2.53. The molecule has 1 saturated heterocycles. The molecule has 1 fully saturated rings. The predicted molar refractivity (Wildman–Crippen MR) is 93.6 cm³/mol. The molecule has 2 heterocycles. The molecular weight excluding hydrogens is 304 g/mol. The van der Waals surface area contributed by atoms with Gasteiger partial charge in [-0.3, -0.25) is 9.69 Å². The Morgan fingerprint density at radius 2 is 1.62 bits per heavy atom. The largest absolute Gasteiger partial charge is 0.493 e. The molecule has 1 aromatic rings. The van der Waals surface area contributed by atoms with Crippen molar-refractivity contribution in [3.8, 4) is 11.5 Å². The van der Waals surface area contributed by atoms with E-state index in [0.717, 1.165) is 56.9 Å². The van der Waals surface area contributed by atoms with E-state index in [9.17, 15) is 4.79 Å². The Morgan fingerprint density at radius 3 is 2.25 bits per heavy atom. The minimum Gasteiger partial charge on any atom is -0.493 e. The van der Waals surface area contributed by atoms with Crippen molar-refractivity contribution in [2.24, 2.45) is 0 Å². The van der Waals surface area contributed by atoms with Crippen molar-refractivity contribution in [3.63, 3.8) is 0 Å². The number of carbonyl (C=O) groups excluding carboxylic acids is 1. The Labute approximate surface area is 144 Å². The van der Waals surface area contributed by atoms with Crippen molar-refractivity contribution in [2.45, 2.75) is 45.2 Å². The number of carbonyl (C=O) groups is 1. The van der Waals surface area contributed by atoms with Gasteiger partial charge in [-0.05, 0) is 55.9 Å². The van der Waals surface area contributed by atoms with Gasteiger partial charge >= 0.3 is 0 Å². The van der Waals surface area contributed by atoms with Gasteiger partial charge in [0.15, 0.2) is 11.5 Å². The van der Waals surface area contributed by atoms with Crippen molar-refractivity contribution >= 4 is 5.91 Å². The van der Waals surface area contributed by atoms with E-state index < -0.39 is 0 Å². The Kier molecular flexibility index (Phi) is 5.29. The van der Waals surface area contributed by atoms with Gasteiger partial charge in [-0.1, -0.05) is 0 Å². The summed E-state index contributed by atoms with van der Waals surface area (Å²) in [4.78, 5) is 17.1. The van der Waals surface area contributed by atoms with Gasteiger partial charge < -0.3 is 14.4 Å². The van der Waals surface area contributed by atoms with Crippen molar-refractivity contribution < 1.29 is 14.3 Å². The molecule has 5 nitrogen and oxygen atoms in total. The highest BCUT2D eigenvalue weighted by Gasteiger charge is 2.29. The lowest BCUT2D eigenvalue weighted by Gasteiger charge is -2.37. The zero-order chi connectivity index (χ0) is 17.1. The summed E-state index contributed by atoms with van der Waals surface area (Å²) in [6.07, 6.45) is 4.46. The standard InChI is InChI=1S/C19H28N2O3/c1-14(19(22)20-8-5-4-6-9-20)21-10-7-15-11-17(23-2)18(24-3)12-16(15)13-21/h11-12,14H,4-10,13H2,1-3H3. The number of benzene rings is 1. The number of amides is 1. The highest BCUT2D eigenvalue weighted by Crippen LogP contribution is 2.33. The molecule has 5 heteroatoms. The first-order valence-electron chi connectivity index (χ1n) is 8.90. The number of rotatable bonds is 4. The fourth-order valence-electron chi connectivity index (χ4n) is 3.77. The smallest absolute Gasteiger partial charge is 0.239 e. The van der Waals surface area contributed by atoms with Crippen molar-refractivity contribution in [1.82, 2.24) is 9.80 Å². The molecule has 0 saturated carbocycles. The van der Waals surface area contributed by atoms with Crippen LogP contribution < -0.4 is 9.47 Å². The van der Waals surface area contributed by atoms with E-state index in [0.29, 0.717) is 0 Å². The SMILES string of the molecule is COc1cc2c(cc1OC)CN(C(C)C(=O)N1CCCCC1)CC2. The number of ether oxygens (including phenoxy) is 2. The Hall–Kier alpha value is -1.75. The number of hydrogen-bond donors (Lipinski definition) is 0. The molecule has 0 radical (unpaired) electrons. The lowest BCUT2D eigenvalue weighted by atomic mass is 9.97. The quantitative estimate of drug-likeness (QED) is 0.849. The second kappa shape index (κ2) is 7.43. The third kappa shape index (κ3) is 3.36. The molecule has 0 aliphatic carbocycles. The van der Waals surface area contributed by atoms with E-state index in [1.165, 1.54) is 17.5 Å². The molecular formula is C19H28N2O3. The van der Waals surface area contributed by atoms with Gasteiger partial charge in [0.05, 0.1) is 20.3 Å². The van der Waals surface area contributed by atoms with Crippen molar-refractivity contribution in [3.05, 3.63) is 23.3 Å². The zero-order valence-corrected chi connectivity index (χ0v) is 15.0. The average Bonchev–Trinajstić information content (AvgIpc) is 2.65. The van der Waals surface area contributed by atoms with E-state index in [2.05, 4.69) is 17.0 Å². The van der Waals surface area contributed by atoms with Gasteiger partial charge in [0.1, 0.15) is 0 Å². The third-order valence-corrected chi connectivity index (χ3v) is 5.32. The van der Waals surface area contributed by atoms with Crippen LogP contribution in [0.1, 0.15) is 37.3 Å². The Balaban J connectivity index is 1.72. The summed E-state index contributed by atoms with van der Waals surface area (Å²) in [6, 6.07) is 4.06. The van der Waals surface area contributed by atoms with E-state index in [4.69, 9.17) is 9.47 Å². The van der Waals surface area contributed by atoms with Gasteiger partial charge in [-0.2, -0.15) is 0 Å². The van der Waals surface area contributed by atoms with Crippen LogP contribution in [0, 0.1) is 0 Å². The first kappa shape index (κ1) is 17.1. The van der Waals surface area contributed by atoms with Crippen LogP contribution in [0.15, 0.2) is 12.1 Å². The number of hydrogen-bond acceptors (Lipinski definition) is 4. The maximum absolute atomic E-state index is 12.8.